The summed E-state index contributed by atoms with van der Waals surface area (Å²) < 4.78 is 6.30. The maximum Gasteiger partial charge on any atom is 0.106 e. The van der Waals surface area contributed by atoms with Crippen LogP contribution in [0.15, 0.2) is 17.6 Å². The highest BCUT2D eigenvalue weighted by molar-refractivity contribution is 7.10. The van der Waals surface area contributed by atoms with E-state index in [1.165, 1.54) is 24.1 Å². The van der Waals surface area contributed by atoms with Crippen LogP contribution in [0, 0.1) is 0 Å². The number of aryl methyl sites for hydroxylation is 1. The molecule has 24 heavy (non-hydrogen) atoms. The third-order valence-electron chi connectivity index (χ3n) is 5.45. The number of rotatable bonds is 5. The zero-order valence-corrected chi connectivity index (χ0v) is 15.3. The van der Waals surface area contributed by atoms with E-state index < -0.39 is 0 Å². The van der Waals surface area contributed by atoms with Gasteiger partial charge in [-0.1, -0.05) is 13.3 Å². The monoisotopic (exact) mass is 345 g/mol. The summed E-state index contributed by atoms with van der Waals surface area (Å²) in [5.74, 6) is 1.14. The van der Waals surface area contributed by atoms with Gasteiger partial charge in [0.05, 0.1) is 12.2 Å². The van der Waals surface area contributed by atoms with Crippen molar-refractivity contribution in [3.8, 4) is 0 Å². The highest BCUT2D eigenvalue weighted by Gasteiger charge is 2.41. The molecule has 0 atom stereocenters. The first-order valence-corrected chi connectivity index (χ1v) is 10.1. The van der Waals surface area contributed by atoms with E-state index in [9.17, 15) is 0 Å². The molecule has 1 fully saturated rings. The van der Waals surface area contributed by atoms with E-state index in [-0.39, 0.29) is 5.60 Å². The number of fused-ring (bicyclic) bond motifs is 2. The van der Waals surface area contributed by atoms with Crippen molar-refractivity contribution in [3.63, 3.8) is 0 Å². The number of unbranched alkanes of at least 4 members (excludes halogenated alkanes) is 1. The molecule has 5 heteroatoms. The fourth-order valence-electron chi connectivity index (χ4n) is 4.04. The first kappa shape index (κ1) is 16.3. The Labute approximate surface area is 148 Å². The van der Waals surface area contributed by atoms with Crippen LogP contribution in [0.4, 0.5) is 0 Å². The summed E-state index contributed by atoms with van der Waals surface area (Å²) in [5, 5.41) is 2.23. The molecular weight excluding hydrogens is 318 g/mol. The van der Waals surface area contributed by atoms with Gasteiger partial charge in [-0.05, 0) is 36.3 Å². The molecule has 2 aromatic rings. The first-order valence-electron chi connectivity index (χ1n) is 9.25. The third-order valence-corrected chi connectivity index (χ3v) is 6.43. The first-order chi connectivity index (χ1) is 11.8. The molecule has 1 spiro atoms. The Hall–Kier alpha value is -1.17. The van der Waals surface area contributed by atoms with Gasteiger partial charge in [0.1, 0.15) is 5.82 Å². The van der Waals surface area contributed by atoms with E-state index in [4.69, 9.17) is 4.74 Å². The number of piperidine rings is 1. The van der Waals surface area contributed by atoms with Gasteiger partial charge in [-0.25, -0.2) is 4.98 Å². The SMILES string of the molecule is CCCCc1ncc(CN2CCC3(CC2)OCCc2sccc23)[nH]1. The normalized spacial score (nSPS) is 20.4. The van der Waals surface area contributed by atoms with Gasteiger partial charge in [-0.3, -0.25) is 4.90 Å². The second-order valence-corrected chi connectivity index (χ2v) is 8.09. The van der Waals surface area contributed by atoms with Crippen molar-refractivity contribution in [1.29, 1.82) is 0 Å². The number of likely N-dealkylation sites (tertiary alicyclic amines) is 1. The van der Waals surface area contributed by atoms with Crippen molar-refractivity contribution < 1.29 is 4.74 Å². The molecule has 0 saturated carbocycles. The second-order valence-electron chi connectivity index (χ2n) is 7.09. The van der Waals surface area contributed by atoms with Crippen LogP contribution in [0.1, 0.15) is 54.6 Å². The minimum absolute atomic E-state index is 0.00957. The summed E-state index contributed by atoms with van der Waals surface area (Å²) in [5.41, 5.74) is 2.71. The number of aromatic amines is 1. The van der Waals surface area contributed by atoms with Crippen LogP contribution in [0.25, 0.3) is 0 Å². The molecule has 2 aliphatic heterocycles. The predicted octanol–water partition coefficient (Wildman–Crippen LogP) is 3.88. The van der Waals surface area contributed by atoms with Crippen LogP contribution in [-0.2, 0) is 29.7 Å². The van der Waals surface area contributed by atoms with Crippen LogP contribution in [0.5, 0.6) is 0 Å². The van der Waals surface area contributed by atoms with Crippen molar-refractivity contribution in [2.24, 2.45) is 0 Å². The topological polar surface area (TPSA) is 41.2 Å². The van der Waals surface area contributed by atoms with Gasteiger partial charge in [0, 0.05) is 49.2 Å². The zero-order chi connectivity index (χ0) is 16.4. The molecule has 1 saturated heterocycles. The summed E-state index contributed by atoms with van der Waals surface area (Å²) in [7, 11) is 0. The van der Waals surface area contributed by atoms with E-state index in [1.807, 2.05) is 17.5 Å². The molecule has 2 aliphatic rings. The lowest BCUT2D eigenvalue weighted by molar-refractivity contribution is -0.0981. The third kappa shape index (κ3) is 3.17. The van der Waals surface area contributed by atoms with Crippen molar-refractivity contribution >= 4 is 11.3 Å². The van der Waals surface area contributed by atoms with Crippen molar-refractivity contribution in [1.82, 2.24) is 14.9 Å². The number of nitrogens with zero attached hydrogens (tertiary/aromatic N) is 2. The lowest BCUT2D eigenvalue weighted by Gasteiger charge is -2.44. The van der Waals surface area contributed by atoms with Gasteiger partial charge >= 0.3 is 0 Å². The number of H-pyrrole nitrogens is 1. The number of hydrogen-bond donors (Lipinski definition) is 1. The summed E-state index contributed by atoms with van der Waals surface area (Å²) in [4.78, 5) is 12.1. The van der Waals surface area contributed by atoms with E-state index in [2.05, 4.69) is 33.2 Å². The molecular formula is C19H27N3OS. The van der Waals surface area contributed by atoms with E-state index in [0.717, 1.165) is 57.7 Å². The molecule has 4 rings (SSSR count). The molecule has 1 N–H and O–H groups in total. The molecule has 0 amide bonds. The summed E-state index contributed by atoms with van der Waals surface area (Å²) >= 11 is 1.90. The average Bonchev–Trinajstić information content (AvgIpc) is 3.25. The van der Waals surface area contributed by atoms with Crippen LogP contribution >= 0.6 is 11.3 Å². The van der Waals surface area contributed by atoms with Gasteiger partial charge in [0.15, 0.2) is 0 Å². The van der Waals surface area contributed by atoms with E-state index >= 15 is 0 Å². The largest absolute Gasteiger partial charge is 0.370 e. The molecule has 4 nitrogen and oxygen atoms in total. The maximum atomic E-state index is 6.30. The minimum atomic E-state index is -0.00957. The fraction of sp³-hybridized carbons (Fsp3) is 0.632. The van der Waals surface area contributed by atoms with Crippen LogP contribution in [0.2, 0.25) is 0 Å². The molecule has 0 aliphatic carbocycles. The lowest BCUT2D eigenvalue weighted by Crippen LogP contribution is -2.45. The lowest BCUT2D eigenvalue weighted by atomic mass is 9.82. The molecule has 0 unspecified atom stereocenters. The average molecular weight is 346 g/mol. The van der Waals surface area contributed by atoms with Crippen LogP contribution in [-0.4, -0.2) is 34.6 Å². The summed E-state index contributed by atoms with van der Waals surface area (Å²) in [6.45, 7) is 6.28. The van der Waals surface area contributed by atoms with Gasteiger partial charge in [0.2, 0.25) is 0 Å². The van der Waals surface area contributed by atoms with Crippen LogP contribution < -0.4 is 0 Å². The van der Waals surface area contributed by atoms with E-state index in [1.54, 1.807) is 4.88 Å². The van der Waals surface area contributed by atoms with Gasteiger partial charge in [0.25, 0.3) is 0 Å². The summed E-state index contributed by atoms with van der Waals surface area (Å²) in [6, 6.07) is 2.30. The Balaban J connectivity index is 1.36. The second kappa shape index (κ2) is 6.98. The molecule has 130 valence electrons. The van der Waals surface area contributed by atoms with Gasteiger partial charge in [-0.2, -0.15) is 0 Å². The van der Waals surface area contributed by atoms with E-state index in [0.29, 0.717) is 0 Å². The highest BCUT2D eigenvalue weighted by Crippen LogP contribution is 2.43. The fourth-order valence-corrected chi connectivity index (χ4v) is 4.99. The van der Waals surface area contributed by atoms with Crippen molar-refractivity contribution in [2.45, 2.75) is 57.6 Å². The number of ether oxygens (including phenoxy) is 1. The standard InChI is InChI=1S/C19H27N3OS/c1-2-3-4-18-20-13-15(21-18)14-22-9-7-19(8-10-22)16-6-12-24-17(16)5-11-23-19/h6,12-13H,2-5,7-11,14H2,1H3,(H,20,21). The Morgan fingerprint density at radius 1 is 1.38 bits per heavy atom. The van der Waals surface area contributed by atoms with Crippen molar-refractivity contribution in [3.05, 3.63) is 39.6 Å². The summed E-state index contributed by atoms with van der Waals surface area (Å²) in [6.07, 6.45) is 8.81. The Kier molecular flexibility index (Phi) is 4.74. The predicted molar refractivity (Wildman–Crippen MR) is 97.4 cm³/mol. The number of thiophene rings is 1. The Morgan fingerprint density at radius 3 is 3.08 bits per heavy atom. The Bertz CT molecular complexity index is 670. The van der Waals surface area contributed by atoms with Crippen LogP contribution in [0.3, 0.4) is 0 Å². The van der Waals surface area contributed by atoms with Gasteiger partial charge in [-0.15, -0.1) is 11.3 Å². The Morgan fingerprint density at radius 2 is 2.25 bits per heavy atom. The molecule has 4 heterocycles. The molecule has 0 radical (unpaired) electrons. The maximum absolute atomic E-state index is 6.30. The smallest absolute Gasteiger partial charge is 0.106 e. The number of hydrogen-bond acceptors (Lipinski definition) is 4. The number of imidazole rings is 1. The number of aromatic nitrogens is 2. The zero-order valence-electron chi connectivity index (χ0n) is 14.5. The van der Waals surface area contributed by atoms with Crippen molar-refractivity contribution in [2.75, 3.05) is 19.7 Å². The van der Waals surface area contributed by atoms with Gasteiger partial charge < -0.3 is 9.72 Å². The minimum Gasteiger partial charge on any atom is -0.370 e. The number of nitrogens with one attached hydrogen (secondary N) is 1. The molecule has 2 aromatic heterocycles. The quantitative estimate of drug-likeness (QED) is 0.894. The molecule has 0 bridgehead atoms. The molecule has 0 aromatic carbocycles. The highest BCUT2D eigenvalue weighted by atomic mass is 32.1.